The van der Waals surface area contributed by atoms with Gasteiger partial charge in [-0.05, 0) is 26.0 Å². The molecule has 1 aromatic carbocycles. The normalized spacial score (nSPS) is 17.8. The highest BCUT2D eigenvalue weighted by Crippen LogP contribution is 2.35. The summed E-state index contributed by atoms with van der Waals surface area (Å²) in [6.45, 7) is 3.61. The van der Waals surface area contributed by atoms with Crippen molar-refractivity contribution >= 4 is 15.9 Å². The molecule has 0 aromatic heterocycles. The Bertz CT molecular complexity index is 601. The molecule has 18 heavy (non-hydrogen) atoms. The van der Waals surface area contributed by atoms with Crippen LogP contribution in [0.25, 0.3) is 0 Å². The number of Topliss-reactive ketones (excluding diaryl/α,β-unsaturated/α-hetero) is 1. The fourth-order valence-corrected chi connectivity index (χ4v) is 2.31. The van der Waals surface area contributed by atoms with Crippen LogP contribution in [-0.2, 0) is 10.1 Å². The Morgan fingerprint density at radius 1 is 1.33 bits per heavy atom. The Balaban J connectivity index is 2.40. The standard InChI is InChI=1S/C12H14O5S/c1-12(2)7-10(13)9-5-4-8(6-11(9)16-12)17-18(3,14)15/h4-6H,7H2,1-3H3. The van der Waals surface area contributed by atoms with E-state index in [0.29, 0.717) is 17.7 Å². The number of ether oxygens (including phenoxy) is 1. The van der Waals surface area contributed by atoms with E-state index < -0.39 is 15.7 Å². The van der Waals surface area contributed by atoms with Crippen molar-refractivity contribution in [1.82, 2.24) is 0 Å². The predicted octanol–water partition coefficient (Wildman–Crippen LogP) is 1.77. The van der Waals surface area contributed by atoms with E-state index in [9.17, 15) is 13.2 Å². The lowest BCUT2D eigenvalue weighted by atomic mass is 9.93. The molecule has 1 aromatic rings. The van der Waals surface area contributed by atoms with E-state index in [0.717, 1.165) is 6.26 Å². The first-order valence-electron chi connectivity index (χ1n) is 5.42. The molecule has 5 nitrogen and oxygen atoms in total. The highest BCUT2D eigenvalue weighted by molar-refractivity contribution is 7.86. The van der Waals surface area contributed by atoms with E-state index >= 15 is 0 Å². The second-order valence-corrected chi connectivity index (χ2v) is 6.48. The second-order valence-electron chi connectivity index (χ2n) is 4.91. The van der Waals surface area contributed by atoms with Gasteiger partial charge in [0.2, 0.25) is 0 Å². The lowest BCUT2D eigenvalue weighted by molar-refractivity contribution is 0.0619. The fraction of sp³-hybridized carbons (Fsp3) is 0.417. The van der Waals surface area contributed by atoms with Crippen molar-refractivity contribution in [1.29, 1.82) is 0 Å². The maximum Gasteiger partial charge on any atom is 0.306 e. The van der Waals surface area contributed by atoms with Crippen molar-refractivity contribution in [3.63, 3.8) is 0 Å². The monoisotopic (exact) mass is 270 g/mol. The SMILES string of the molecule is CC1(C)CC(=O)c2ccc(OS(C)(=O)=O)cc2O1. The summed E-state index contributed by atoms with van der Waals surface area (Å²) in [6.07, 6.45) is 1.26. The zero-order valence-corrected chi connectivity index (χ0v) is 11.2. The summed E-state index contributed by atoms with van der Waals surface area (Å²) in [5.74, 6) is 0.478. The zero-order valence-electron chi connectivity index (χ0n) is 10.4. The number of hydrogen-bond donors (Lipinski definition) is 0. The summed E-state index contributed by atoms with van der Waals surface area (Å²) < 4.78 is 32.5. The van der Waals surface area contributed by atoms with Gasteiger partial charge in [0.15, 0.2) is 5.78 Å². The minimum atomic E-state index is -3.59. The second kappa shape index (κ2) is 3.98. The van der Waals surface area contributed by atoms with E-state index in [1.165, 1.54) is 18.2 Å². The Hall–Kier alpha value is -1.56. The maximum absolute atomic E-state index is 11.9. The van der Waals surface area contributed by atoms with Crippen LogP contribution in [0.1, 0.15) is 30.6 Å². The van der Waals surface area contributed by atoms with Crippen LogP contribution in [-0.4, -0.2) is 26.1 Å². The summed E-state index contributed by atoms with van der Waals surface area (Å²) in [4.78, 5) is 11.9. The van der Waals surface area contributed by atoms with Crippen molar-refractivity contribution < 1.29 is 22.1 Å². The molecule has 0 spiro atoms. The number of rotatable bonds is 2. The molecule has 1 aliphatic heterocycles. The molecule has 98 valence electrons. The molecule has 0 fully saturated rings. The van der Waals surface area contributed by atoms with Gasteiger partial charge in [-0.15, -0.1) is 0 Å². The van der Waals surface area contributed by atoms with E-state index in [1.807, 2.05) is 0 Å². The minimum absolute atomic E-state index is 0.0212. The summed E-state index contributed by atoms with van der Waals surface area (Å²) in [5.41, 5.74) is -0.136. The highest BCUT2D eigenvalue weighted by Gasteiger charge is 2.32. The highest BCUT2D eigenvalue weighted by atomic mass is 32.2. The number of benzene rings is 1. The molecule has 0 saturated heterocycles. The van der Waals surface area contributed by atoms with E-state index in [2.05, 4.69) is 0 Å². The molecule has 0 bridgehead atoms. The van der Waals surface area contributed by atoms with Crippen LogP contribution >= 0.6 is 0 Å². The molecule has 0 radical (unpaired) electrons. The van der Waals surface area contributed by atoms with Gasteiger partial charge in [0, 0.05) is 6.07 Å². The lowest BCUT2D eigenvalue weighted by Crippen LogP contribution is -2.35. The van der Waals surface area contributed by atoms with Crippen molar-refractivity contribution in [2.45, 2.75) is 25.9 Å². The molecule has 2 rings (SSSR count). The van der Waals surface area contributed by atoms with Gasteiger partial charge in [-0.1, -0.05) is 0 Å². The summed E-state index contributed by atoms with van der Waals surface area (Å²) in [5, 5.41) is 0. The van der Waals surface area contributed by atoms with Crippen LogP contribution in [0.4, 0.5) is 0 Å². The third kappa shape index (κ3) is 2.81. The van der Waals surface area contributed by atoms with Crippen LogP contribution in [0.2, 0.25) is 0 Å². The molecule has 0 N–H and O–H groups in total. The molecule has 0 amide bonds. The van der Waals surface area contributed by atoms with E-state index in [-0.39, 0.29) is 11.5 Å². The predicted molar refractivity (Wildman–Crippen MR) is 65.6 cm³/mol. The van der Waals surface area contributed by atoms with Crippen LogP contribution < -0.4 is 8.92 Å². The molecule has 0 unspecified atom stereocenters. The molecular weight excluding hydrogens is 256 g/mol. The molecule has 1 heterocycles. The smallest absolute Gasteiger partial charge is 0.306 e. The molecule has 0 atom stereocenters. The summed E-state index contributed by atoms with van der Waals surface area (Å²) in [7, 11) is -3.59. The first-order valence-corrected chi connectivity index (χ1v) is 7.24. The van der Waals surface area contributed by atoms with Crippen LogP contribution in [0.15, 0.2) is 18.2 Å². The largest absolute Gasteiger partial charge is 0.486 e. The number of hydrogen-bond acceptors (Lipinski definition) is 5. The Kier molecular flexibility index (Phi) is 2.85. The van der Waals surface area contributed by atoms with Gasteiger partial charge < -0.3 is 8.92 Å². The first-order chi connectivity index (χ1) is 8.16. The minimum Gasteiger partial charge on any atom is -0.486 e. The van der Waals surface area contributed by atoms with Gasteiger partial charge in [-0.2, -0.15) is 8.42 Å². The zero-order chi connectivity index (χ0) is 13.6. The molecule has 1 aliphatic rings. The molecule has 0 aliphatic carbocycles. The summed E-state index contributed by atoms with van der Waals surface area (Å²) >= 11 is 0. The van der Waals surface area contributed by atoms with Crippen molar-refractivity contribution in [3.05, 3.63) is 23.8 Å². The number of fused-ring (bicyclic) bond motifs is 1. The lowest BCUT2D eigenvalue weighted by Gasteiger charge is -2.31. The topological polar surface area (TPSA) is 69.7 Å². The third-order valence-electron chi connectivity index (χ3n) is 2.47. The Labute approximate surface area is 106 Å². The van der Waals surface area contributed by atoms with E-state index in [1.54, 1.807) is 13.8 Å². The van der Waals surface area contributed by atoms with Gasteiger partial charge in [0.1, 0.15) is 17.1 Å². The molecular formula is C12H14O5S. The van der Waals surface area contributed by atoms with Crippen molar-refractivity contribution in [3.8, 4) is 11.5 Å². The third-order valence-corrected chi connectivity index (χ3v) is 2.97. The average molecular weight is 270 g/mol. The summed E-state index contributed by atoms with van der Waals surface area (Å²) in [6, 6.07) is 4.39. The van der Waals surface area contributed by atoms with Gasteiger partial charge in [0.25, 0.3) is 0 Å². The quantitative estimate of drug-likeness (QED) is 0.766. The van der Waals surface area contributed by atoms with Crippen molar-refractivity contribution in [2.75, 3.05) is 6.26 Å². The van der Waals surface area contributed by atoms with Gasteiger partial charge in [-0.25, -0.2) is 0 Å². The number of carbonyl (C=O) groups is 1. The van der Waals surface area contributed by atoms with Crippen LogP contribution in [0.5, 0.6) is 11.5 Å². The van der Waals surface area contributed by atoms with Gasteiger partial charge in [-0.3, -0.25) is 4.79 Å². The first kappa shape index (κ1) is 12.9. The maximum atomic E-state index is 11.9. The number of carbonyl (C=O) groups excluding carboxylic acids is 1. The Morgan fingerprint density at radius 3 is 2.61 bits per heavy atom. The van der Waals surface area contributed by atoms with Crippen molar-refractivity contribution in [2.24, 2.45) is 0 Å². The fourth-order valence-electron chi connectivity index (χ4n) is 1.86. The molecule has 0 saturated carbocycles. The van der Waals surface area contributed by atoms with Crippen LogP contribution in [0, 0.1) is 0 Å². The van der Waals surface area contributed by atoms with E-state index in [4.69, 9.17) is 8.92 Å². The van der Waals surface area contributed by atoms with Crippen LogP contribution in [0.3, 0.4) is 0 Å². The van der Waals surface area contributed by atoms with Gasteiger partial charge in [0.05, 0.1) is 18.2 Å². The molecule has 6 heteroatoms. The Morgan fingerprint density at radius 2 is 2.00 bits per heavy atom. The van der Waals surface area contributed by atoms with Gasteiger partial charge >= 0.3 is 10.1 Å². The number of ketones is 1. The average Bonchev–Trinajstić information content (AvgIpc) is 2.11.